The zero-order chi connectivity index (χ0) is 17.1. The third-order valence-electron chi connectivity index (χ3n) is 3.65. The Morgan fingerprint density at radius 2 is 1.25 bits per heavy atom. The van der Waals surface area contributed by atoms with Gasteiger partial charge in [0.2, 0.25) is 0 Å². The van der Waals surface area contributed by atoms with Gasteiger partial charge in [0.05, 0.1) is 0 Å². The molecule has 4 rings (SSSR count). The van der Waals surface area contributed by atoms with Gasteiger partial charge in [-0.3, -0.25) is 0 Å². The summed E-state index contributed by atoms with van der Waals surface area (Å²) in [6.45, 7) is 0. The fourth-order valence-corrected chi connectivity index (χ4v) is 3.45. The van der Waals surface area contributed by atoms with Crippen LogP contribution in [-0.4, -0.2) is 10.2 Å². The summed E-state index contributed by atoms with van der Waals surface area (Å²) in [6, 6.07) is 22.7. The summed E-state index contributed by atoms with van der Waals surface area (Å²) in [5.74, 6) is 0.647. The van der Waals surface area contributed by atoms with Crippen molar-refractivity contribution in [2.45, 2.75) is 0 Å². The molecule has 0 spiro atoms. The van der Waals surface area contributed by atoms with Gasteiger partial charge in [-0.05, 0) is 41.1 Å². The molecule has 24 heavy (non-hydrogen) atoms. The number of hydrogen-bond acceptors (Lipinski definition) is 2. The van der Waals surface area contributed by atoms with Gasteiger partial charge in [0.1, 0.15) is 11.5 Å². The highest BCUT2D eigenvalue weighted by Gasteiger charge is 2.01. The van der Waals surface area contributed by atoms with Crippen molar-refractivity contribution in [1.29, 1.82) is 0 Å². The first kappa shape index (κ1) is 16.8. The summed E-state index contributed by atoms with van der Waals surface area (Å²) in [4.78, 5) is 0. The van der Waals surface area contributed by atoms with Crippen molar-refractivity contribution in [3.63, 3.8) is 0 Å². The maximum absolute atomic E-state index is 9.52. The van der Waals surface area contributed by atoms with Gasteiger partial charge in [-0.1, -0.05) is 74.3 Å². The predicted molar refractivity (Wildman–Crippen MR) is 107 cm³/mol. The monoisotopic (exact) mass is 444 g/mol. The molecule has 2 nitrogen and oxygen atoms in total. The van der Waals surface area contributed by atoms with Gasteiger partial charge in [0.25, 0.3) is 0 Å². The van der Waals surface area contributed by atoms with E-state index >= 15 is 0 Å². The normalized spacial score (nSPS) is 10.4. The SMILES string of the molecule is Oc1cccc2ccc(Br)cc12.Oc1cccc2cccc(Br)c12. The zero-order valence-electron chi connectivity index (χ0n) is 12.6. The minimum atomic E-state index is 0.319. The molecule has 0 saturated carbocycles. The summed E-state index contributed by atoms with van der Waals surface area (Å²) in [7, 11) is 0. The highest BCUT2D eigenvalue weighted by Crippen LogP contribution is 2.31. The van der Waals surface area contributed by atoms with Gasteiger partial charge in [0.15, 0.2) is 0 Å². The summed E-state index contributed by atoms with van der Waals surface area (Å²) in [6.07, 6.45) is 0. The van der Waals surface area contributed by atoms with Crippen LogP contribution in [0.4, 0.5) is 0 Å². The number of halogens is 2. The first-order chi connectivity index (χ1) is 11.6. The van der Waals surface area contributed by atoms with Gasteiger partial charge in [-0.25, -0.2) is 0 Å². The molecule has 4 aromatic carbocycles. The number of aromatic hydroxyl groups is 2. The Labute approximate surface area is 156 Å². The van der Waals surface area contributed by atoms with Crippen molar-refractivity contribution in [2.24, 2.45) is 0 Å². The minimum Gasteiger partial charge on any atom is -0.507 e. The number of benzene rings is 4. The molecule has 0 aliphatic heterocycles. The molecule has 0 heterocycles. The van der Waals surface area contributed by atoms with Crippen LogP contribution in [0, 0.1) is 0 Å². The third-order valence-corrected chi connectivity index (χ3v) is 4.81. The fraction of sp³-hybridized carbons (Fsp3) is 0. The summed E-state index contributed by atoms with van der Waals surface area (Å²) < 4.78 is 1.91. The molecule has 4 heteroatoms. The van der Waals surface area contributed by atoms with Crippen molar-refractivity contribution >= 4 is 53.4 Å². The van der Waals surface area contributed by atoms with Crippen LogP contribution < -0.4 is 0 Å². The van der Waals surface area contributed by atoms with E-state index in [9.17, 15) is 10.2 Å². The maximum Gasteiger partial charge on any atom is 0.124 e. The highest BCUT2D eigenvalue weighted by atomic mass is 79.9. The van der Waals surface area contributed by atoms with E-state index in [0.29, 0.717) is 11.5 Å². The molecule has 0 aliphatic carbocycles. The minimum absolute atomic E-state index is 0.319. The van der Waals surface area contributed by atoms with Crippen molar-refractivity contribution in [2.75, 3.05) is 0 Å². The quantitative estimate of drug-likeness (QED) is 0.319. The van der Waals surface area contributed by atoms with E-state index in [1.807, 2.05) is 60.7 Å². The van der Waals surface area contributed by atoms with Crippen LogP contribution in [0.5, 0.6) is 11.5 Å². The second kappa shape index (κ2) is 7.24. The van der Waals surface area contributed by atoms with Crippen LogP contribution in [0.2, 0.25) is 0 Å². The zero-order valence-corrected chi connectivity index (χ0v) is 15.8. The van der Waals surface area contributed by atoms with Crippen LogP contribution in [0.1, 0.15) is 0 Å². The molecule has 0 aliphatic rings. The van der Waals surface area contributed by atoms with E-state index in [1.165, 1.54) is 0 Å². The molecule has 0 fully saturated rings. The van der Waals surface area contributed by atoms with Gasteiger partial charge >= 0.3 is 0 Å². The molecule has 0 bridgehead atoms. The Hall–Kier alpha value is -2.04. The van der Waals surface area contributed by atoms with E-state index in [1.54, 1.807) is 12.1 Å². The molecule has 4 aromatic rings. The standard InChI is InChI=1S/2C10H7BrO/c11-8-5-1-3-7-4-2-6-9(12)10(7)8;11-8-5-4-7-2-1-3-10(12)9(7)6-8/h2*1-6,12H. The lowest BCUT2D eigenvalue weighted by Gasteiger charge is -2.01. The molecule has 2 N–H and O–H groups in total. The van der Waals surface area contributed by atoms with E-state index in [2.05, 4.69) is 31.9 Å². The van der Waals surface area contributed by atoms with Crippen molar-refractivity contribution in [3.05, 3.63) is 81.7 Å². The molecule has 0 radical (unpaired) electrons. The molecular weight excluding hydrogens is 432 g/mol. The number of rotatable bonds is 0. The molecule has 0 saturated heterocycles. The van der Waals surface area contributed by atoms with Gasteiger partial charge < -0.3 is 10.2 Å². The van der Waals surface area contributed by atoms with E-state index in [-0.39, 0.29) is 0 Å². The smallest absolute Gasteiger partial charge is 0.124 e. The molecule has 0 unspecified atom stereocenters. The number of fused-ring (bicyclic) bond motifs is 2. The Balaban J connectivity index is 0.000000141. The number of phenolic OH excluding ortho intramolecular Hbond substituents is 2. The lowest BCUT2D eigenvalue weighted by atomic mass is 10.1. The third kappa shape index (κ3) is 3.55. The summed E-state index contributed by atoms with van der Waals surface area (Å²) in [5, 5.41) is 22.9. The van der Waals surface area contributed by atoms with Crippen LogP contribution in [0.15, 0.2) is 81.7 Å². The van der Waals surface area contributed by atoms with E-state index in [4.69, 9.17) is 0 Å². The Kier molecular flexibility index (Phi) is 5.07. The predicted octanol–water partition coefficient (Wildman–Crippen LogP) is 6.62. The van der Waals surface area contributed by atoms with Gasteiger partial charge in [-0.15, -0.1) is 0 Å². The average Bonchev–Trinajstić information content (AvgIpc) is 2.57. The summed E-state index contributed by atoms with van der Waals surface area (Å²) >= 11 is 6.74. The van der Waals surface area contributed by atoms with Gasteiger partial charge in [0, 0.05) is 19.7 Å². The first-order valence-electron chi connectivity index (χ1n) is 7.30. The molecule has 120 valence electrons. The molecule has 0 amide bonds. The maximum atomic E-state index is 9.52. The van der Waals surface area contributed by atoms with Crippen LogP contribution in [-0.2, 0) is 0 Å². The lowest BCUT2D eigenvalue weighted by molar-refractivity contribution is 0.481. The lowest BCUT2D eigenvalue weighted by Crippen LogP contribution is -1.74. The van der Waals surface area contributed by atoms with Crippen LogP contribution in [0.25, 0.3) is 21.5 Å². The van der Waals surface area contributed by atoms with E-state index < -0.39 is 0 Å². The van der Waals surface area contributed by atoms with Crippen LogP contribution >= 0.6 is 31.9 Å². The van der Waals surface area contributed by atoms with Crippen molar-refractivity contribution < 1.29 is 10.2 Å². The topological polar surface area (TPSA) is 40.5 Å². The highest BCUT2D eigenvalue weighted by molar-refractivity contribution is 9.11. The van der Waals surface area contributed by atoms with E-state index in [0.717, 1.165) is 30.5 Å². The fourth-order valence-electron chi connectivity index (χ4n) is 2.50. The Morgan fingerprint density at radius 1 is 0.625 bits per heavy atom. The molecular formula is C20H14Br2O2. The largest absolute Gasteiger partial charge is 0.507 e. The van der Waals surface area contributed by atoms with Gasteiger partial charge in [-0.2, -0.15) is 0 Å². The number of hydrogen-bond donors (Lipinski definition) is 2. The first-order valence-corrected chi connectivity index (χ1v) is 8.88. The Morgan fingerprint density at radius 3 is 1.96 bits per heavy atom. The second-order valence-corrected chi connectivity index (χ2v) is 7.03. The van der Waals surface area contributed by atoms with Crippen molar-refractivity contribution in [3.8, 4) is 11.5 Å². The average molecular weight is 446 g/mol. The Bertz CT molecular complexity index is 976. The second-order valence-electron chi connectivity index (χ2n) is 5.26. The number of phenols is 2. The molecule has 0 aromatic heterocycles. The summed E-state index contributed by atoms with van der Waals surface area (Å²) in [5.41, 5.74) is 0. The van der Waals surface area contributed by atoms with Crippen LogP contribution in [0.3, 0.4) is 0 Å². The molecule has 0 atom stereocenters. The van der Waals surface area contributed by atoms with Crippen molar-refractivity contribution in [1.82, 2.24) is 0 Å².